The number of hydrogen-bond acceptors (Lipinski definition) is 5. The Morgan fingerprint density at radius 2 is 1.76 bits per heavy atom. The van der Waals surface area contributed by atoms with E-state index in [-0.39, 0.29) is 5.91 Å². The van der Waals surface area contributed by atoms with Crippen LogP contribution in [0.15, 0.2) is 36.7 Å². The Hall–Kier alpha value is -2.63. The van der Waals surface area contributed by atoms with E-state index in [9.17, 15) is 4.79 Å². The lowest BCUT2D eigenvalue weighted by Gasteiger charge is -2.19. The number of anilines is 3. The summed E-state index contributed by atoms with van der Waals surface area (Å²) in [7, 11) is 0. The maximum absolute atomic E-state index is 12.3. The molecule has 1 aliphatic rings. The SMILES string of the molecule is CCN(CC)c1cnc(C(=O)Nc2ccc(N3CCCC3)cc2)cn1. The molecule has 0 unspecified atom stereocenters. The zero-order valence-corrected chi connectivity index (χ0v) is 14.9. The van der Waals surface area contributed by atoms with Crippen LogP contribution in [0.2, 0.25) is 0 Å². The van der Waals surface area contributed by atoms with E-state index in [1.165, 1.54) is 24.7 Å². The number of carbonyl (C=O) groups excluding carboxylic acids is 1. The fraction of sp³-hybridized carbons (Fsp3) is 0.421. The van der Waals surface area contributed by atoms with Gasteiger partial charge in [-0.1, -0.05) is 0 Å². The molecule has 6 heteroatoms. The molecule has 1 aliphatic heterocycles. The van der Waals surface area contributed by atoms with Crippen molar-refractivity contribution in [2.75, 3.05) is 41.3 Å². The van der Waals surface area contributed by atoms with Crippen LogP contribution in [0.25, 0.3) is 0 Å². The second kappa shape index (κ2) is 7.96. The first kappa shape index (κ1) is 17.2. The summed E-state index contributed by atoms with van der Waals surface area (Å²) in [5.41, 5.74) is 2.29. The first-order chi connectivity index (χ1) is 12.2. The molecule has 6 nitrogen and oxygen atoms in total. The van der Waals surface area contributed by atoms with E-state index < -0.39 is 0 Å². The van der Waals surface area contributed by atoms with Crippen LogP contribution in [0, 0.1) is 0 Å². The molecule has 3 rings (SSSR count). The van der Waals surface area contributed by atoms with Crippen molar-refractivity contribution in [1.82, 2.24) is 9.97 Å². The van der Waals surface area contributed by atoms with Crippen molar-refractivity contribution in [1.29, 1.82) is 0 Å². The molecule has 25 heavy (non-hydrogen) atoms. The fourth-order valence-corrected chi connectivity index (χ4v) is 3.08. The Morgan fingerprint density at radius 1 is 1.08 bits per heavy atom. The van der Waals surface area contributed by atoms with Gasteiger partial charge in [-0.3, -0.25) is 4.79 Å². The molecule has 0 aliphatic carbocycles. The summed E-state index contributed by atoms with van der Waals surface area (Å²) in [4.78, 5) is 25.4. The van der Waals surface area contributed by atoms with E-state index in [0.29, 0.717) is 5.69 Å². The third kappa shape index (κ3) is 4.07. The van der Waals surface area contributed by atoms with Gasteiger partial charge in [-0.15, -0.1) is 0 Å². The predicted molar refractivity (Wildman–Crippen MR) is 101 cm³/mol. The van der Waals surface area contributed by atoms with Gasteiger partial charge in [0.25, 0.3) is 5.91 Å². The average Bonchev–Trinajstić information content (AvgIpc) is 3.18. The minimum absolute atomic E-state index is 0.243. The third-order valence-electron chi connectivity index (χ3n) is 4.55. The second-order valence-electron chi connectivity index (χ2n) is 6.13. The Morgan fingerprint density at radius 3 is 2.32 bits per heavy atom. The number of nitrogens with zero attached hydrogens (tertiary/aromatic N) is 4. The van der Waals surface area contributed by atoms with Crippen LogP contribution in [0.4, 0.5) is 17.2 Å². The molecule has 0 radical (unpaired) electrons. The summed E-state index contributed by atoms with van der Waals surface area (Å²) < 4.78 is 0. The van der Waals surface area contributed by atoms with Gasteiger partial charge in [-0.05, 0) is 51.0 Å². The van der Waals surface area contributed by atoms with Crippen LogP contribution >= 0.6 is 0 Å². The number of hydrogen-bond donors (Lipinski definition) is 1. The molecular weight excluding hydrogens is 314 g/mol. The highest BCUT2D eigenvalue weighted by Gasteiger charge is 2.13. The molecule has 1 aromatic heterocycles. The first-order valence-corrected chi connectivity index (χ1v) is 8.94. The summed E-state index contributed by atoms with van der Waals surface area (Å²) >= 11 is 0. The zero-order chi connectivity index (χ0) is 17.6. The van der Waals surface area contributed by atoms with Crippen LogP contribution in [-0.4, -0.2) is 42.1 Å². The Labute approximate surface area is 148 Å². The lowest BCUT2D eigenvalue weighted by atomic mass is 10.2. The zero-order valence-electron chi connectivity index (χ0n) is 14.9. The molecule has 1 aromatic carbocycles. The third-order valence-corrected chi connectivity index (χ3v) is 4.55. The van der Waals surface area contributed by atoms with Gasteiger partial charge in [-0.25, -0.2) is 9.97 Å². The fourth-order valence-electron chi connectivity index (χ4n) is 3.08. The molecule has 1 fully saturated rings. The Bertz CT molecular complexity index is 689. The second-order valence-corrected chi connectivity index (χ2v) is 6.13. The van der Waals surface area contributed by atoms with Crippen LogP contribution in [-0.2, 0) is 0 Å². The average molecular weight is 339 g/mol. The minimum Gasteiger partial charge on any atom is -0.372 e. The lowest BCUT2D eigenvalue weighted by molar-refractivity contribution is 0.102. The van der Waals surface area contributed by atoms with Crippen molar-refractivity contribution in [2.45, 2.75) is 26.7 Å². The van der Waals surface area contributed by atoms with Gasteiger partial charge in [0.15, 0.2) is 0 Å². The number of benzene rings is 1. The van der Waals surface area contributed by atoms with E-state index in [1.807, 2.05) is 12.1 Å². The monoisotopic (exact) mass is 339 g/mol. The Kier molecular flexibility index (Phi) is 5.48. The molecule has 0 atom stereocenters. The topological polar surface area (TPSA) is 61.4 Å². The van der Waals surface area contributed by atoms with E-state index in [0.717, 1.165) is 37.7 Å². The van der Waals surface area contributed by atoms with Crippen molar-refractivity contribution in [3.05, 3.63) is 42.4 Å². The van der Waals surface area contributed by atoms with Crippen molar-refractivity contribution in [2.24, 2.45) is 0 Å². The van der Waals surface area contributed by atoms with Crippen LogP contribution in [0.5, 0.6) is 0 Å². The smallest absolute Gasteiger partial charge is 0.275 e. The molecule has 1 N–H and O–H groups in total. The van der Waals surface area contributed by atoms with E-state index in [4.69, 9.17) is 0 Å². The standard InChI is InChI=1S/C19H25N5O/c1-3-23(4-2)18-14-20-17(13-21-18)19(25)22-15-7-9-16(10-8-15)24-11-5-6-12-24/h7-10,13-14H,3-6,11-12H2,1-2H3,(H,22,25). The number of aromatic nitrogens is 2. The van der Waals surface area contributed by atoms with E-state index >= 15 is 0 Å². The summed E-state index contributed by atoms with van der Waals surface area (Å²) in [5.74, 6) is 0.545. The van der Waals surface area contributed by atoms with Gasteiger partial charge in [-0.2, -0.15) is 0 Å². The predicted octanol–water partition coefficient (Wildman–Crippen LogP) is 3.18. The summed E-state index contributed by atoms with van der Waals surface area (Å²) in [5, 5.41) is 2.88. The minimum atomic E-state index is -0.243. The van der Waals surface area contributed by atoms with Crippen molar-refractivity contribution >= 4 is 23.1 Å². The molecule has 0 bridgehead atoms. The highest BCUT2D eigenvalue weighted by atomic mass is 16.1. The summed E-state index contributed by atoms with van der Waals surface area (Å²) in [6.45, 7) is 8.08. The quantitative estimate of drug-likeness (QED) is 0.876. The number of rotatable bonds is 6. The molecule has 132 valence electrons. The van der Waals surface area contributed by atoms with Gasteiger partial charge in [0.1, 0.15) is 11.5 Å². The molecule has 0 spiro atoms. The molecular formula is C19H25N5O. The molecule has 1 amide bonds. The van der Waals surface area contributed by atoms with Gasteiger partial charge < -0.3 is 15.1 Å². The largest absolute Gasteiger partial charge is 0.372 e. The molecule has 0 saturated carbocycles. The first-order valence-electron chi connectivity index (χ1n) is 8.94. The summed E-state index contributed by atoms with van der Waals surface area (Å²) in [6, 6.07) is 7.97. The highest BCUT2D eigenvalue weighted by Crippen LogP contribution is 2.22. The number of nitrogens with one attached hydrogen (secondary N) is 1. The Balaban J connectivity index is 1.63. The van der Waals surface area contributed by atoms with Gasteiger partial charge >= 0.3 is 0 Å². The molecule has 2 heterocycles. The van der Waals surface area contributed by atoms with Crippen LogP contribution in [0.3, 0.4) is 0 Å². The van der Waals surface area contributed by atoms with Crippen molar-refractivity contribution < 1.29 is 4.79 Å². The van der Waals surface area contributed by atoms with Gasteiger partial charge in [0, 0.05) is 37.6 Å². The van der Waals surface area contributed by atoms with Crippen molar-refractivity contribution in [3.63, 3.8) is 0 Å². The summed E-state index contributed by atoms with van der Waals surface area (Å²) in [6.07, 6.45) is 5.68. The van der Waals surface area contributed by atoms with E-state index in [1.54, 1.807) is 6.20 Å². The highest BCUT2D eigenvalue weighted by molar-refractivity contribution is 6.02. The van der Waals surface area contributed by atoms with Gasteiger partial charge in [0.2, 0.25) is 0 Å². The normalized spacial score (nSPS) is 13.8. The molecule has 2 aromatic rings. The van der Waals surface area contributed by atoms with Crippen LogP contribution in [0.1, 0.15) is 37.2 Å². The van der Waals surface area contributed by atoms with Crippen molar-refractivity contribution in [3.8, 4) is 0 Å². The maximum atomic E-state index is 12.3. The van der Waals surface area contributed by atoms with Crippen LogP contribution < -0.4 is 15.1 Å². The maximum Gasteiger partial charge on any atom is 0.275 e. The number of carbonyl (C=O) groups is 1. The lowest BCUT2D eigenvalue weighted by Crippen LogP contribution is -2.23. The van der Waals surface area contributed by atoms with E-state index in [2.05, 4.69) is 51.1 Å². The van der Waals surface area contributed by atoms with Gasteiger partial charge in [0.05, 0.1) is 12.4 Å². The molecule has 1 saturated heterocycles. The number of amides is 1.